The van der Waals surface area contributed by atoms with Gasteiger partial charge in [-0.1, -0.05) is 19.1 Å². The maximum atomic E-state index is 11.9. The number of rotatable bonds is 2. The molecule has 4 nitrogen and oxygen atoms in total. The van der Waals surface area contributed by atoms with E-state index >= 15 is 0 Å². The Labute approximate surface area is 143 Å². The predicted octanol–water partition coefficient (Wildman–Crippen LogP) is 1.97. The summed E-state index contributed by atoms with van der Waals surface area (Å²) in [6, 6.07) is 5.44. The zero-order valence-electron chi connectivity index (χ0n) is 14.3. The molecule has 4 heteroatoms. The maximum Gasteiger partial charge on any atom is 0.115 e. The molecule has 3 unspecified atom stereocenters. The van der Waals surface area contributed by atoms with Crippen molar-refractivity contribution in [1.82, 2.24) is 4.90 Å². The van der Waals surface area contributed by atoms with Crippen molar-refractivity contribution in [1.29, 1.82) is 0 Å². The maximum absolute atomic E-state index is 11.9. The number of aromatic hydroxyl groups is 1. The summed E-state index contributed by atoms with van der Waals surface area (Å²) in [7, 11) is 0. The Hall–Kier alpha value is -1.36. The van der Waals surface area contributed by atoms with E-state index in [0.717, 1.165) is 37.1 Å². The lowest BCUT2D eigenvalue weighted by Crippen LogP contribution is -2.76. The number of phenols is 1. The van der Waals surface area contributed by atoms with E-state index in [1.165, 1.54) is 0 Å². The Morgan fingerprint density at radius 1 is 1.38 bits per heavy atom. The van der Waals surface area contributed by atoms with E-state index < -0.39 is 17.1 Å². The topological polar surface area (TPSA) is 63.9 Å². The number of nitrogens with zero attached hydrogens (tertiary/aromatic N) is 1. The lowest BCUT2D eigenvalue weighted by atomic mass is 9.47. The van der Waals surface area contributed by atoms with Gasteiger partial charge in [-0.15, -0.1) is 6.58 Å². The first-order valence-corrected chi connectivity index (χ1v) is 9.02. The van der Waals surface area contributed by atoms with Crippen molar-refractivity contribution in [2.45, 2.75) is 55.8 Å². The second-order valence-corrected chi connectivity index (χ2v) is 7.95. The second kappa shape index (κ2) is 5.32. The summed E-state index contributed by atoms with van der Waals surface area (Å²) in [5.74, 6) is 0.355. The number of likely N-dealkylation sites (tertiary alicyclic amines) is 1. The fourth-order valence-corrected chi connectivity index (χ4v) is 5.75. The fourth-order valence-electron chi connectivity index (χ4n) is 5.75. The monoisotopic (exact) mass is 329 g/mol. The highest BCUT2D eigenvalue weighted by Crippen LogP contribution is 2.59. The van der Waals surface area contributed by atoms with Crippen molar-refractivity contribution >= 4 is 0 Å². The molecule has 130 valence electrons. The van der Waals surface area contributed by atoms with Crippen LogP contribution in [0, 0.1) is 5.92 Å². The molecule has 0 radical (unpaired) electrons. The molecule has 24 heavy (non-hydrogen) atoms. The molecule has 3 N–H and O–H groups in total. The fraction of sp³-hybridized carbons (Fsp3) is 0.600. The SMILES string of the molecule is C=CCN1CC[C@@]23c4cc(O)ccc4CC1C2(O)CC[C@@H](C)C3O. The molecule has 0 spiro atoms. The van der Waals surface area contributed by atoms with Crippen LogP contribution in [0.2, 0.25) is 0 Å². The second-order valence-electron chi connectivity index (χ2n) is 7.95. The largest absolute Gasteiger partial charge is 0.508 e. The highest BCUT2D eigenvalue weighted by molar-refractivity contribution is 5.49. The Morgan fingerprint density at radius 2 is 2.17 bits per heavy atom. The van der Waals surface area contributed by atoms with Gasteiger partial charge in [0.25, 0.3) is 0 Å². The number of phenolic OH excluding ortho intramolecular Hbond substituents is 1. The van der Waals surface area contributed by atoms with Gasteiger partial charge in [0.15, 0.2) is 0 Å². The zero-order valence-corrected chi connectivity index (χ0v) is 14.3. The average Bonchev–Trinajstić information content (AvgIpc) is 2.55. The average molecular weight is 329 g/mol. The van der Waals surface area contributed by atoms with Gasteiger partial charge in [0.05, 0.1) is 17.1 Å². The standard InChI is InChI=1S/C20H27NO3/c1-3-9-21-10-8-19-16-12-15(22)5-4-14(16)11-17(21)20(19,24)7-6-13(2)18(19)23/h3-5,12-13,17-18,22-24H,1,6-11H2,2H3/t13-,17?,18?,19+,20?/m1/s1. The summed E-state index contributed by atoms with van der Waals surface area (Å²) >= 11 is 0. The smallest absolute Gasteiger partial charge is 0.115 e. The van der Waals surface area contributed by atoms with Crippen LogP contribution in [0.15, 0.2) is 30.9 Å². The molecule has 0 aromatic heterocycles. The molecular weight excluding hydrogens is 302 g/mol. The van der Waals surface area contributed by atoms with Crippen molar-refractivity contribution in [3.05, 3.63) is 42.0 Å². The van der Waals surface area contributed by atoms with Crippen LogP contribution in [0.25, 0.3) is 0 Å². The molecule has 2 fully saturated rings. The predicted molar refractivity (Wildman–Crippen MR) is 93.0 cm³/mol. The molecule has 1 heterocycles. The number of aliphatic hydroxyl groups excluding tert-OH is 1. The van der Waals surface area contributed by atoms with Crippen LogP contribution in [0.3, 0.4) is 0 Å². The van der Waals surface area contributed by atoms with E-state index in [-0.39, 0.29) is 17.7 Å². The van der Waals surface area contributed by atoms with E-state index in [9.17, 15) is 15.3 Å². The van der Waals surface area contributed by atoms with E-state index in [1.54, 1.807) is 12.1 Å². The van der Waals surface area contributed by atoms with Crippen molar-refractivity contribution in [2.75, 3.05) is 13.1 Å². The highest BCUT2D eigenvalue weighted by atomic mass is 16.3. The Balaban J connectivity index is 1.94. The first kappa shape index (κ1) is 16.1. The van der Waals surface area contributed by atoms with Gasteiger partial charge < -0.3 is 15.3 Å². The molecular formula is C20H27NO3. The third-order valence-corrected chi connectivity index (χ3v) is 6.93. The number of benzene rings is 1. The van der Waals surface area contributed by atoms with Crippen molar-refractivity contribution in [3.63, 3.8) is 0 Å². The minimum absolute atomic E-state index is 0.0107. The molecule has 0 amide bonds. The van der Waals surface area contributed by atoms with Gasteiger partial charge in [-0.3, -0.25) is 4.90 Å². The minimum atomic E-state index is -0.957. The normalized spacial score (nSPS) is 41.4. The summed E-state index contributed by atoms with van der Waals surface area (Å²) < 4.78 is 0. The van der Waals surface area contributed by atoms with Crippen molar-refractivity contribution in [2.24, 2.45) is 5.92 Å². The van der Waals surface area contributed by atoms with Crippen LogP contribution >= 0.6 is 0 Å². The summed E-state index contributed by atoms with van der Waals surface area (Å²) in [5, 5.41) is 33.1. The third kappa shape index (κ3) is 1.85. The third-order valence-electron chi connectivity index (χ3n) is 6.93. The quantitative estimate of drug-likeness (QED) is 0.726. The van der Waals surface area contributed by atoms with Crippen LogP contribution in [-0.4, -0.2) is 51.1 Å². The van der Waals surface area contributed by atoms with Crippen LogP contribution in [0.1, 0.15) is 37.3 Å². The molecule has 1 aliphatic heterocycles. The molecule has 2 aliphatic carbocycles. The Kier molecular flexibility index (Phi) is 3.57. The molecule has 1 saturated heterocycles. The number of aliphatic hydroxyl groups is 2. The van der Waals surface area contributed by atoms with Gasteiger partial charge in [-0.05, 0) is 61.4 Å². The van der Waals surface area contributed by atoms with E-state index in [4.69, 9.17) is 0 Å². The lowest BCUT2D eigenvalue weighted by molar-refractivity contribution is -0.211. The molecule has 3 aliphatic rings. The molecule has 2 bridgehead atoms. The molecule has 1 saturated carbocycles. The molecule has 1 aromatic rings. The van der Waals surface area contributed by atoms with Crippen LogP contribution < -0.4 is 0 Å². The van der Waals surface area contributed by atoms with Gasteiger partial charge in [-0.2, -0.15) is 0 Å². The van der Waals surface area contributed by atoms with Gasteiger partial charge in [-0.25, -0.2) is 0 Å². The number of hydrogen-bond donors (Lipinski definition) is 3. The van der Waals surface area contributed by atoms with Crippen LogP contribution in [0.4, 0.5) is 0 Å². The number of fused-ring (bicyclic) bond motifs is 1. The Morgan fingerprint density at radius 3 is 2.92 bits per heavy atom. The lowest BCUT2D eigenvalue weighted by Gasteiger charge is -2.66. The first-order chi connectivity index (χ1) is 11.4. The molecule has 5 atom stereocenters. The van der Waals surface area contributed by atoms with E-state index in [0.29, 0.717) is 12.8 Å². The summed E-state index contributed by atoms with van der Waals surface area (Å²) in [6.45, 7) is 7.52. The van der Waals surface area contributed by atoms with Crippen LogP contribution in [0.5, 0.6) is 5.75 Å². The van der Waals surface area contributed by atoms with Gasteiger partial charge in [0.1, 0.15) is 5.75 Å². The zero-order chi connectivity index (χ0) is 17.1. The number of hydrogen-bond acceptors (Lipinski definition) is 4. The summed E-state index contributed by atoms with van der Waals surface area (Å²) in [4.78, 5) is 2.31. The van der Waals surface area contributed by atoms with E-state index in [2.05, 4.69) is 18.4 Å². The molecule has 1 aromatic carbocycles. The number of piperidine rings is 1. The minimum Gasteiger partial charge on any atom is -0.508 e. The Bertz CT molecular complexity index is 675. The summed E-state index contributed by atoms with van der Waals surface area (Å²) in [5.41, 5.74) is 0.461. The molecule has 4 rings (SSSR count). The van der Waals surface area contributed by atoms with Crippen molar-refractivity contribution in [3.8, 4) is 5.75 Å². The first-order valence-electron chi connectivity index (χ1n) is 9.02. The van der Waals surface area contributed by atoms with Gasteiger partial charge >= 0.3 is 0 Å². The van der Waals surface area contributed by atoms with Crippen molar-refractivity contribution < 1.29 is 15.3 Å². The summed E-state index contributed by atoms with van der Waals surface area (Å²) in [6.07, 6.45) is 4.28. The van der Waals surface area contributed by atoms with Gasteiger partial charge in [0.2, 0.25) is 0 Å². The highest BCUT2D eigenvalue weighted by Gasteiger charge is 2.67. The van der Waals surface area contributed by atoms with Crippen LogP contribution in [-0.2, 0) is 11.8 Å². The van der Waals surface area contributed by atoms with Gasteiger partial charge in [0, 0.05) is 12.6 Å². The van der Waals surface area contributed by atoms with E-state index in [1.807, 2.05) is 12.1 Å².